The van der Waals surface area contributed by atoms with Crippen LogP contribution in [0.4, 0.5) is 16.5 Å². The molecule has 0 aliphatic carbocycles. The van der Waals surface area contributed by atoms with Crippen LogP contribution < -0.4 is 15.6 Å². The number of aromatic nitrogens is 1. The predicted octanol–water partition coefficient (Wildman–Crippen LogP) is 2.83. The van der Waals surface area contributed by atoms with Crippen LogP contribution in [0.15, 0.2) is 47.6 Å². The minimum Gasteiger partial charge on any atom is -0.372 e. The molecule has 28 heavy (non-hydrogen) atoms. The van der Waals surface area contributed by atoms with Gasteiger partial charge in [-0.05, 0) is 18.2 Å². The highest BCUT2D eigenvalue weighted by Gasteiger charge is 2.15. The third-order valence-electron chi connectivity index (χ3n) is 3.77. The molecule has 2 N–H and O–H groups in total. The number of benzene rings is 2. The first kappa shape index (κ1) is 19.2. The Morgan fingerprint density at radius 3 is 2.82 bits per heavy atom. The number of carbonyl (C=O) groups is 1. The number of amides is 1. The minimum absolute atomic E-state index is 0.0108. The molecule has 0 bridgehead atoms. The van der Waals surface area contributed by atoms with Crippen LogP contribution in [-0.2, 0) is 4.79 Å². The molecular formula is C18H18N6O3S. The molecule has 3 rings (SSSR count). The van der Waals surface area contributed by atoms with Crippen molar-refractivity contribution < 1.29 is 9.72 Å². The number of hydrogen-bond donors (Lipinski definition) is 2. The smallest absolute Gasteiger partial charge is 0.293 e. The Bertz CT molecular complexity index is 1010. The maximum absolute atomic E-state index is 11.9. The van der Waals surface area contributed by atoms with Gasteiger partial charge in [-0.15, -0.1) is 0 Å². The van der Waals surface area contributed by atoms with Crippen LogP contribution in [0.25, 0.3) is 10.2 Å². The van der Waals surface area contributed by atoms with Crippen molar-refractivity contribution in [1.82, 2.24) is 10.4 Å². The van der Waals surface area contributed by atoms with Gasteiger partial charge < -0.3 is 10.2 Å². The fourth-order valence-electron chi connectivity index (χ4n) is 2.47. The van der Waals surface area contributed by atoms with Crippen molar-refractivity contribution in [3.05, 3.63) is 58.1 Å². The topological polar surface area (TPSA) is 113 Å². The first-order valence-electron chi connectivity index (χ1n) is 8.31. The number of para-hydroxylation sites is 1. The number of nitrogens with one attached hydrogen (secondary N) is 2. The van der Waals surface area contributed by atoms with Crippen molar-refractivity contribution in [2.75, 3.05) is 30.9 Å². The number of nitro benzene ring substituents is 1. The lowest BCUT2D eigenvalue weighted by Gasteiger charge is -2.12. The van der Waals surface area contributed by atoms with Gasteiger partial charge >= 0.3 is 0 Å². The van der Waals surface area contributed by atoms with Crippen LogP contribution in [0.2, 0.25) is 0 Å². The second-order valence-corrected chi connectivity index (χ2v) is 7.06. The number of anilines is 2. The fraction of sp³-hybridized carbons (Fsp3) is 0.167. The van der Waals surface area contributed by atoms with Crippen molar-refractivity contribution in [2.24, 2.45) is 5.10 Å². The number of rotatable bonds is 7. The van der Waals surface area contributed by atoms with Crippen molar-refractivity contribution in [3.63, 3.8) is 0 Å². The van der Waals surface area contributed by atoms with Crippen LogP contribution in [0, 0.1) is 10.1 Å². The van der Waals surface area contributed by atoms with Crippen LogP contribution in [-0.4, -0.2) is 42.7 Å². The van der Waals surface area contributed by atoms with Gasteiger partial charge in [0, 0.05) is 25.7 Å². The Kier molecular flexibility index (Phi) is 5.80. The quantitative estimate of drug-likeness (QED) is 0.359. The van der Waals surface area contributed by atoms with Gasteiger partial charge in [0.25, 0.3) is 11.6 Å². The molecular weight excluding hydrogens is 380 g/mol. The lowest BCUT2D eigenvalue weighted by Crippen LogP contribution is -2.25. The molecule has 1 heterocycles. The van der Waals surface area contributed by atoms with Crippen LogP contribution >= 0.6 is 11.3 Å². The first-order valence-corrected chi connectivity index (χ1v) is 9.13. The Hall–Kier alpha value is -3.53. The van der Waals surface area contributed by atoms with Crippen LogP contribution in [0.5, 0.6) is 0 Å². The maximum atomic E-state index is 11.9. The van der Waals surface area contributed by atoms with E-state index in [0.717, 1.165) is 10.2 Å². The number of carbonyl (C=O) groups excluding carboxylic acids is 1. The summed E-state index contributed by atoms with van der Waals surface area (Å²) in [6, 6.07) is 12.4. The number of thiazole rings is 1. The highest BCUT2D eigenvalue weighted by atomic mass is 32.1. The molecule has 9 nitrogen and oxygen atoms in total. The van der Waals surface area contributed by atoms with E-state index in [1.54, 1.807) is 31.1 Å². The molecule has 0 spiro atoms. The van der Waals surface area contributed by atoms with E-state index in [1.165, 1.54) is 23.6 Å². The second kappa shape index (κ2) is 8.44. The Balaban J connectivity index is 1.57. The van der Waals surface area contributed by atoms with Gasteiger partial charge in [0.15, 0.2) is 5.13 Å². The standard InChI is InChI=1S/C18H18N6O3S/c1-23(2)14-8-7-12(9-15(14)24(26)27)10-20-22-17(25)11-19-18-21-13-5-3-4-6-16(13)28-18/h3-10H,11H2,1-2H3,(H,19,21)(H,22,25)/b20-10-. The van der Waals surface area contributed by atoms with E-state index in [4.69, 9.17) is 0 Å². The van der Waals surface area contributed by atoms with E-state index >= 15 is 0 Å². The molecule has 0 aliphatic rings. The molecule has 0 unspecified atom stereocenters. The van der Waals surface area contributed by atoms with Crippen LogP contribution in [0.3, 0.4) is 0 Å². The highest BCUT2D eigenvalue weighted by Crippen LogP contribution is 2.27. The Morgan fingerprint density at radius 1 is 1.32 bits per heavy atom. The summed E-state index contributed by atoms with van der Waals surface area (Å²) in [6.45, 7) is 0.0108. The SMILES string of the molecule is CN(C)c1ccc(/C=N\NC(=O)CNc2nc3ccccc3s2)cc1[N+](=O)[O-]. The lowest BCUT2D eigenvalue weighted by molar-refractivity contribution is -0.384. The third kappa shape index (κ3) is 4.60. The monoisotopic (exact) mass is 398 g/mol. The molecule has 2 aromatic carbocycles. The van der Waals surface area contributed by atoms with Gasteiger partial charge in [-0.2, -0.15) is 5.10 Å². The molecule has 0 fully saturated rings. The van der Waals surface area contributed by atoms with E-state index < -0.39 is 4.92 Å². The summed E-state index contributed by atoms with van der Waals surface area (Å²) in [5.41, 5.74) is 4.23. The van der Waals surface area contributed by atoms with Gasteiger partial charge in [-0.1, -0.05) is 29.5 Å². The summed E-state index contributed by atoms with van der Waals surface area (Å²) in [5, 5.41) is 18.7. The van der Waals surface area contributed by atoms with Gasteiger partial charge in [-0.3, -0.25) is 14.9 Å². The second-order valence-electron chi connectivity index (χ2n) is 6.03. The molecule has 0 atom stereocenters. The largest absolute Gasteiger partial charge is 0.372 e. The molecule has 10 heteroatoms. The zero-order valence-electron chi connectivity index (χ0n) is 15.2. The van der Waals surface area contributed by atoms with Gasteiger partial charge in [0.1, 0.15) is 5.69 Å². The van der Waals surface area contributed by atoms with Gasteiger partial charge in [-0.25, -0.2) is 10.4 Å². The molecule has 0 saturated carbocycles. The summed E-state index contributed by atoms with van der Waals surface area (Å²) in [5.74, 6) is -0.352. The van der Waals surface area contributed by atoms with E-state index in [1.807, 2.05) is 24.3 Å². The molecule has 3 aromatic rings. The van der Waals surface area contributed by atoms with Gasteiger partial charge in [0.2, 0.25) is 0 Å². The summed E-state index contributed by atoms with van der Waals surface area (Å²) in [7, 11) is 3.46. The Labute approximate surface area is 164 Å². The first-order chi connectivity index (χ1) is 13.4. The highest BCUT2D eigenvalue weighted by molar-refractivity contribution is 7.22. The summed E-state index contributed by atoms with van der Waals surface area (Å²) in [4.78, 5) is 28.7. The molecule has 1 aromatic heterocycles. The molecule has 1 amide bonds. The van der Waals surface area contributed by atoms with E-state index in [0.29, 0.717) is 16.4 Å². The number of fused-ring (bicyclic) bond motifs is 1. The number of hydrogen-bond acceptors (Lipinski definition) is 8. The number of nitro groups is 1. The van der Waals surface area contributed by atoms with Crippen molar-refractivity contribution in [1.29, 1.82) is 0 Å². The molecule has 0 radical (unpaired) electrons. The lowest BCUT2D eigenvalue weighted by atomic mass is 10.2. The van der Waals surface area contributed by atoms with E-state index in [-0.39, 0.29) is 18.1 Å². The minimum atomic E-state index is -0.451. The van der Waals surface area contributed by atoms with E-state index in [2.05, 4.69) is 20.8 Å². The fourth-order valence-corrected chi connectivity index (χ4v) is 3.33. The summed E-state index contributed by atoms with van der Waals surface area (Å²) >= 11 is 1.46. The van der Waals surface area contributed by atoms with E-state index in [9.17, 15) is 14.9 Å². The number of hydrazone groups is 1. The third-order valence-corrected chi connectivity index (χ3v) is 4.77. The Morgan fingerprint density at radius 2 is 2.11 bits per heavy atom. The average Bonchev–Trinajstić information content (AvgIpc) is 3.09. The average molecular weight is 398 g/mol. The molecule has 0 saturated heterocycles. The zero-order valence-corrected chi connectivity index (χ0v) is 16.1. The van der Waals surface area contributed by atoms with Crippen molar-refractivity contribution >= 4 is 50.2 Å². The van der Waals surface area contributed by atoms with Gasteiger partial charge in [0.05, 0.1) is 27.9 Å². The zero-order chi connectivity index (χ0) is 20.1. The normalized spacial score (nSPS) is 10.9. The van der Waals surface area contributed by atoms with Crippen molar-refractivity contribution in [2.45, 2.75) is 0 Å². The summed E-state index contributed by atoms with van der Waals surface area (Å²) < 4.78 is 1.03. The molecule has 144 valence electrons. The maximum Gasteiger partial charge on any atom is 0.293 e. The number of nitrogens with zero attached hydrogens (tertiary/aromatic N) is 4. The van der Waals surface area contributed by atoms with Crippen molar-refractivity contribution in [3.8, 4) is 0 Å². The predicted molar refractivity (Wildman–Crippen MR) is 111 cm³/mol. The summed E-state index contributed by atoms with van der Waals surface area (Å²) in [6.07, 6.45) is 1.36. The molecule has 0 aliphatic heterocycles. The van der Waals surface area contributed by atoms with Crippen LogP contribution in [0.1, 0.15) is 5.56 Å².